The Bertz CT molecular complexity index is 449. The normalized spacial score (nSPS) is 11.2. The second kappa shape index (κ2) is 6.86. The maximum absolute atomic E-state index is 11.8. The lowest BCUT2D eigenvalue weighted by Crippen LogP contribution is -2.23. The molecule has 0 aliphatic heterocycles. The number of rotatable bonds is 6. The largest absolute Gasteiger partial charge is 0.477 e. The molecule has 0 fully saturated rings. The standard InChI is InChI=1S/C12H19ClN2O3Si/c1-5-17-12(16)9-10(13)14-8-15-11(9)18-6-7-19(2,3)4/h8H,5-7H2,1-4H3. The first-order chi connectivity index (χ1) is 8.85. The van der Waals surface area contributed by atoms with E-state index in [-0.39, 0.29) is 23.2 Å². The van der Waals surface area contributed by atoms with Gasteiger partial charge in [0.2, 0.25) is 5.88 Å². The number of carbonyl (C=O) groups is 1. The van der Waals surface area contributed by atoms with E-state index in [1.807, 2.05) is 0 Å². The van der Waals surface area contributed by atoms with E-state index in [9.17, 15) is 4.79 Å². The van der Waals surface area contributed by atoms with Crippen LogP contribution in [0.25, 0.3) is 0 Å². The van der Waals surface area contributed by atoms with Crippen LogP contribution >= 0.6 is 11.6 Å². The first-order valence-corrected chi connectivity index (χ1v) is 10.2. The lowest BCUT2D eigenvalue weighted by atomic mass is 10.3. The lowest BCUT2D eigenvalue weighted by Gasteiger charge is -2.16. The number of halogens is 1. The molecule has 0 saturated heterocycles. The third-order valence-corrected chi connectivity index (χ3v) is 4.33. The summed E-state index contributed by atoms with van der Waals surface area (Å²) in [4.78, 5) is 19.5. The van der Waals surface area contributed by atoms with E-state index < -0.39 is 14.0 Å². The molecule has 1 aromatic heterocycles. The van der Waals surface area contributed by atoms with Crippen molar-refractivity contribution >= 4 is 25.6 Å². The van der Waals surface area contributed by atoms with Gasteiger partial charge in [0.25, 0.3) is 0 Å². The Hall–Kier alpha value is -1.14. The van der Waals surface area contributed by atoms with Crippen molar-refractivity contribution in [3.63, 3.8) is 0 Å². The van der Waals surface area contributed by atoms with Gasteiger partial charge >= 0.3 is 5.97 Å². The van der Waals surface area contributed by atoms with Gasteiger partial charge in [0.15, 0.2) is 10.7 Å². The molecule has 0 spiro atoms. The highest BCUT2D eigenvalue weighted by atomic mass is 35.5. The number of ether oxygens (including phenoxy) is 2. The molecule has 0 aliphatic carbocycles. The Morgan fingerprint density at radius 2 is 2.05 bits per heavy atom. The topological polar surface area (TPSA) is 61.3 Å². The fraction of sp³-hybridized carbons (Fsp3) is 0.583. The minimum absolute atomic E-state index is 0.0523. The molecule has 0 amide bonds. The zero-order valence-corrected chi connectivity index (χ0v) is 13.5. The highest BCUT2D eigenvalue weighted by molar-refractivity contribution is 6.76. The summed E-state index contributed by atoms with van der Waals surface area (Å²) in [5.41, 5.74) is 0.0987. The molecule has 0 bridgehead atoms. The molecule has 0 radical (unpaired) electrons. The average molecular weight is 303 g/mol. The summed E-state index contributed by atoms with van der Waals surface area (Å²) in [6.45, 7) is 9.23. The fourth-order valence-electron chi connectivity index (χ4n) is 1.29. The molecule has 106 valence electrons. The van der Waals surface area contributed by atoms with Crippen LogP contribution in [0.1, 0.15) is 17.3 Å². The fourth-order valence-corrected chi connectivity index (χ4v) is 2.20. The van der Waals surface area contributed by atoms with Crippen LogP contribution < -0.4 is 4.74 Å². The summed E-state index contributed by atoms with van der Waals surface area (Å²) in [6.07, 6.45) is 1.27. The van der Waals surface area contributed by atoms with Crippen molar-refractivity contribution in [1.29, 1.82) is 0 Å². The summed E-state index contributed by atoms with van der Waals surface area (Å²) in [6, 6.07) is 0.969. The van der Waals surface area contributed by atoms with E-state index in [1.54, 1.807) is 6.92 Å². The molecule has 0 unspecified atom stereocenters. The maximum Gasteiger partial charge on any atom is 0.346 e. The number of hydrogen-bond acceptors (Lipinski definition) is 5. The van der Waals surface area contributed by atoms with Crippen LogP contribution in [0, 0.1) is 0 Å². The summed E-state index contributed by atoms with van der Waals surface area (Å²) in [5, 5.41) is 0.0523. The number of carbonyl (C=O) groups excluding carboxylic acids is 1. The molecule has 1 aromatic rings. The van der Waals surface area contributed by atoms with E-state index in [1.165, 1.54) is 6.33 Å². The zero-order valence-electron chi connectivity index (χ0n) is 11.7. The predicted molar refractivity (Wildman–Crippen MR) is 76.6 cm³/mol. The van der Waals surface area contributed by atoms with Gasteiger partial charge in [-0.1, -0.05) is 31.2 Å². The Balaban J connectivity index is 2.83. The molecule has 0 N–H and O–H groups in total. The van der Waals surface area contributed by atoms with Crippen LogP contribution in [-0.4, -0.2) is 37.2 Å². The van der Waals surface area contributed by atoms with Crippen molar-refractivity contribution < 1.29 is 14.3 Å². The van der Waals surface area contributed by atoms with Crippen LogP contribution in [-0.2, 0) is 4.74 Å². The Labute approximate surface area is 119 Å². The van der Waals surface area contributed by atoms with Gasteiger partial charge in [0, 0.05) is 8.07 Å². The molecule has 0 aromatic carbocycles. The van der Waals surface area contributed by atoms with Crippen molar-refractivity contribution in [2.45, 2.75) is 32.6 Å². The maximum atomic E-state index is 11.8. The number of nitrogens with zero attached hydrogens (tertiary/aromatic N) is 2. The van der Waals surface area contributed by atoms with Gasteiger partial charge in [0.05, 0.1) is 13.2 Å². The van der Waals surface area contributed by atoms with Crippen LogP contribution in [0.2, 0.25) is 30.8 Å². The second-order valence-electron chi connectivity index (χ2n) is 5.22. The molecule has 5 nitrogen and oxygen atoms in total. The van der Waals surface area contributed by atoms with Crippen molar-refractivity contribution in [1.82, 2.24) is 9.97 Å². The molecule has 0 saturated carbocycles. The molecule has 0 aliphatic rings. The van der Waals surface area contributed by atoms with Crippen LogP contribution in [0.5, 0.6) is 5.88 Å². The van der Waals surface area contributed by atoms with Gasteiger partial charge in [-0.25, -0.2) is 14.8 Å². The Morgan fingerprint density at radius 3 is 2.63 bits per heavy atom. The van der Waals surface area contributed by atoms with Gasteiger partial charge in [-0.05, 0) is 13.0 Å². The summed E-state index contributed by atoms with van der Waals surface area (Å²) in [7, 11) is -1.20. The van der Waals surface area contributed by atoms with Gasteiger partial charge in [-0.3, -0.25) is 0 Å². The Morgan fingerprint density at radius 1 is 1.37 bits per heavy atom. The highest BCUT2D eigenvalue weighted by Gasteiger charge is 2.21. The first kappa shape index (κ1) is 15.9. The number of esters is 1. The minimum Gasteiger partial charge on any atom is -0.477 e. The average Bonchev–Trinajstić information content (AvgIpc) is 2.27. The smallest absolute Gasteiger partial charge is 0.346 e. The quantitative estimate of drug-likeness (QED) is 0.459. The molecule has 0 atom stereocenters. The third-order valence-electron chi connectivity index (χ3n) is 2.34. The monoisotopic (exact) mass is 302 g/mol. The zero-order chi connectivity index (χ0) is 14.5. The van der Waals surface area contributed by atoms with E-state index in [0.717, 1.165) is 6.04 Å². The summed E-state index contributed by atoms with van der Waals surface area (Å²) >= 11 is 5.91. The van der Waals surface area contributed by atoms with Crippen LogP contribution in [0.4, 0.5) is 0 Å². The van der Waals surface area contributed by atoms with Crippen LogP contribution in [0.3, 0.4) is 0 Å². The Kier molecular flexibility index (Phi) is 5.75. The molecular weight excluding hydrogens is 284 g/mol. The van der Waals surface area contributed by atoms with Gasteiger partial charge < -0.3 is 9.47 Å². The lowest BCUT2D eigenvalue weighted by molar-refractivity contribution is 0.0520. The predicted octanol–water partition coefficient (Wildman–Crippen LogP) is 3.02. The molecule has 7 heteroatoms. The molecule has 1 heterocycles. The van der Waals surface area contributed by atoms with E-state index >= 15 is 0 Å². The van der Waals surface area contributed by atoms with Crippen molar-refractivity contribution in [2.75, 3.05) is 13.2 Å². The summed E-state index contributed by atoms with van der Waals surface area (Å²) in [5.74, 6) is -0.368. The molecule has 19 heavy (non-hydrogen) atoms. The molecular formula is C12H19ClN2O3Si. The van der Waals surface area contributed by atoms with Gasteiger partial charge in [0.1, 0.15) is 6.33 Å². The summed E-state index contributed by atoms with van der Waals surface area (Å²) < 4.78 is 10.5. The van der Waals surface area contributed by atoms with Gasteiger partial charge in [-0.15, -0.1) is 0 Å². The van der Waals surface area contributed by atoms with Crippen molar-refractivity contribution in [3.8, 4) is 5.88 Å². The van der Waals surface area contributed by atoms with E-state index in [0.29, 0.717) is 6.61 Å². The van der Waals surface area contributed by atoms with Crippen molar-refractivity contribution in [3.05, 3.63) is 17.0 Å². The first-order valence-electron chi connectivity index (χ1n) is 6.15. The third kappa shape index (κ3) is 5.16. The second-order valence-corrected chi connectivity index (χ2v) is 11.2. The highest BCUT2D eigenvalue weighted by Crippen LogP contribution is 2.23. The number of aromatic nitrogens is 2. The minimum atomic E-state index is -1.20. The van der Waals surface area contributed by atoms with Crippen molar-refractivity contribution in [2.24, 2.45) is 0 Å². The van der Waals surface area contributed by atoms with E-state index in [4.69, 9.17) is 21.1 Å². The van der Waals surface area contributed by atoms with E-state index in [2.05, 4.69) is 29.6 Å². The van der Waals surface area contributed by atoms with Gasteiger partial charge in [-0.2, -0.15) is 0 Å². The van der Waals surface area contributed by atoms with Crippen LogP contribution in [0.15, 0.2) is 6.33 Å². The SMILES string of the molecule is CCOC(=O)c1c(Cl)ncnc1OCC[Si](C)(C)C. The molecule has 1 rings (SSSR count). The number of hydrogen-bond donors (Lipinski definition) is 0.